The van der Waals surface area contributed by atoms with Gasteiger partial charge in [-0.15, -0.1) is 0 Å². The van der Waals surface area contributed by atoms with Crippen molar-refractivity contribution in [3.63, 3.8) is 0 Å². The van der Waals surface area contributed by atoms with Crippen LogP contribution in [0.4, 0.5) is 4.39 Å². The predicted octanol–water partition coefficient (Wildman–Crippen LogP) is 2.58. The Morgan fingerprint density at radius 1 is 1.25 bits per heavy atom. The van der Waals surface area contributed by atoms with E-state index in [0.717, 1.165) is 31.2 Å². The van der Waals surface area contributed by atoms with Gasteiger partial charge in [0.25, 0.3) is 0 Å². The van der Waals surface area contributed by atoms with E-state index < -0.39 is 0 Å². The third-order valence-corrected chi connectivity index (χ3v) is 4.11. The minimum Gasteiger partial charge on any atom is -0.352 e. The number of hydrogen-bond acceptors (Lipinski definition) is 2. The monoisotopic (exact) mass is 278 g/mol. The van der Waals surface area contributed by atoms with Gasteiger partial charge in [0.15, 0.2) is 0 Å². The maximum Gasteiger partial charge on any atom is 0.223 e. The first-order valence-electron chi connectivity index (χ1n) is 7.26. The molecule has 1 fully saturated rings. The first-order valence-corrected chi connectivity index (χ1v) is 7.26. The third kappa shape index (κ3) is 3.57. The summed E-state index contributed by atoms with van der Waals surface area (Å²) >= 11 is 0. The Labute approximate surface area is 119 Å². The van der Waals surface area contributed by atoms with Gasteiger partial charge in [0, 0.05) is 18.5 Å². The van der Waals surface area contributed by atoms with E-state index in [4.69, 9.17) is 5.73 Å². The van der Waals surface area contributed by atoms with Crippen LogP contribution in [0.1, 0.15) is 42.4 Å². The van der Waals surface area contributed by atoms with E-state index in [0.29, 0.717) is 17.7 Å². The molecule has 1 amide bonds. The van der Waals surface area contributed by atoms with Gasteiger partial charge < -0.3 is 11.1 Å². The van der Waals surface area contributed by atoms with E-state index in [2.05, 4.69) is 5.32 Å². The number of nitrogens with one attached hydrogen (secondary N) is 1. The lowest BCUT2D eigenvalue weighted by Crippen LogP contribution is -2.35. The molecule has 110 valence electrons. The van der Waals surface area contributed by atoms with Crippen molar-refractivity contribution in [1.29, 1.82) is 0 Å². The lowest BCUT2D eigenvalue weighted by Gasteiger charge is -2.25. The zero-order chi connectivity index (χ0) is 14.7. The molecule has 1 aromatic carbocycles. The van der Waals surface area contributed by atoms with Crippen molar-refractivity contribution in [2.45, 2.75) is 52.1 Å². The molecule has 3 nitrogen and oxygen atoms in total. The summed E-state index contributed by atoms with van der Waals surface area (Å²) in [6.45, 7) is 3.95. The molecule has 0 bridgehead atoms. The molecule has 4 heteroatoms. The molecule has 2 rings (SSSR count). The summed E-state index contributed by atoms with van der Waals surface area (Å²) in [6, 6.07) is 3.83. The molecule has 0 unspecified atom stereocenters. The van der Waals surface area contributed by atoms with Crippen LogP contribution in [-0.4, -0.2) is 11.9 Å². The van der Waals surface area contributed by atoms with Crippen LogP contribution in [0.25, 0.3) is 0 Å². The number of benzene rings is 1. The number of aryl methyl sites for hydroxylation is 2. The van der Waals surface area contributed by atoms with Gasteiger partial charge in [0.2, 0.25) is 5.91 Å². The number of rotatable bonds is 3. The normalized spacial score (nSPS) is 22.6. The second kappa shape index (κ2) is 6.35. The Morgan fingerprint density at radius 2 is 1.80 bits per heavy atom. The maximum atomic E-state index is 13.5. The summed E-state index contributed by atoms with van der Waals surface area (Å²) in [5, 5.41) is 2.96. The topological polar surface area (TPSA) is 55.1 Å². The van der Waals surface area contributed by atoms with Crippen LogP contribution in [-0.2, 0) is 11.3 Å². The molecule has 0 spiro atoms. The summed E-state index contributed by atoms with van der Waals surface area (Å²) < 4.78 is 13.5. The van der Waals surface area contributed by atoms with Gasteiger partial charge in [-0.05, 0) is 56.2 Å². The van der Waals surface area contributed by atoms with Gasteiger partial charge in [0.1, 0.15) is 5.82 Å². The highest BCUT2D eigenvalue weighted by atomic mass is 19.1. The maximum absolute atomic E-state index is 13.5. The van der Waals surface area contributed by atoms with E-state index in [9.17, 15) is 9.18 Å². The molecule has 0 heterocycles. The molecule has 3 N–H and O–H groups in total. The Balaban J connectivity index is 1.90. The van der Waals surface area contributed by atoms with Gasteiger partial charge >= 0.3 is 0 Å². The van der Waals surface area contributed by atoms with Crippen LogP contribution >= 0.6 is 0 Å². The number of hydrogen-bond donors (Lipinski definition) is 2. The molecule has 1 aliphatic rings. The quantitative estimate of drug-likeness (QED) is 0.893. The third-order valence-electron chi connectivity index (χ3n) is 4.11. The van der Waals surface area contributed by atoms with E-state index in [-0.39, 0.29) is 23.7 Å². The van der Waals surface area contributed by atoms with E-state index >= 15 is 0 Å². The Bertz CT molecular complexity index is 470. The minimum atomic E-state index is -0.165. The van der Waals surface area contributed by atoms with Crippen molar-refractivity contribution in [2.75, 3.05) is 0 Å². The summed E-state index contributed by atoms with van der Waals surface area (Å²) in [5.41, 5.74) is 8.03. The first-order chi connectivity index (χ1) is 9.47. The fourth-order valence-electron chi connectivity index (χ4n) is 2.85. The number of amides is 1. The van der Waals surface area contributed by atoms with Gasteiger partial charge in [-0.3, -0.25) is 4.79 Å². The zero-order valence-electron chi connectivity index (χ0n) is 12.2. The van der Waals surface area contributed by atoms with Crippen LogP contribution in [0.3, 0.4) is 0 Å². The van der Waals surface area contributed by atoms with E-state index in [1.807, 2.05) is 0 Å². The highest BCUT2D eigenvalue weighted by Gasteiger charge is 2.24. The first kappa shape index (κ1) is 15.0. The number of carbonyl (C=O) groups excluding carboxylic acids is 1. The second-order valence-corrected chi connectivity index (χ2v) is 5.87. The standard InChI is InChI=1S/C16H23FN2O/c1-10-7-12(8-11(2)15(10)17)9-19-16(20)13-3-5-14(18)6-4-13/h7-8,13-14H,3-6,9,18H2,1-2H3,(H,19,20). The lowest BCUT2D eigenvalue weighted by molar-refractivity contribution is -0.126. The van der Waals surface area contributed by atoms with E-state index in [1.54, 1.807) is 26.0 Å². The smallest absolute Gasteiger partial charge is 0.223 e. The summed E-state index contributed by atoms with van der Waals surface area (Å²) in [6.07, 6.45) is 3.59. The molecule has 0 atom stereocenters. The summed E-state index contributed by atoms with van der Waals surface area (Å²) in [7, 11) is 0. The van der Waals surface area contributed by atoms with Crippen molar-refractivity contribution >= 4 is 5.91 Å². The molecule has 1 saturated carbocycles. The molecule has 0 aromatic heterocycles. The summed E-state index contributed by atoms with van der Waals surface area (Å²) in [4.78, 5) is 12.1. The Kier molecular flexibility index (Phi) is 4.76. The fraction of sp³-hybridized carbons (Fsp3) is 0.562. The SMILES string of the molecule is Cc1cc(CNC(=O)C2CCC(N)CC2)cc(C)c1F. The lowest BCUT2D eigenvalue weighted by atomic mass is 9.86. The van der Waals surface area contributed by atoms with E-state index in [1.165, 1.54) is 0 Å². The van der Waals surface area contributed by atoms with Crippen LogP contribution in [0.5, 0.6) is 0 Å². The van der Waals surface area contributed by atoms with Crippen molar-refractivity contribution in [1.82, 2.24) is 5.32 Å². The van der Waals surface area contributed by atoms with Crippen LogP contribution in [0.15, 0.2) is 12.1 Å². The largest absolute Gasteiger partial charge is 0.352 e. The van der Waals surface area contributed by atoms with Crippen molar-refractivity contribution in [2.24, 2.45) is 11.7 Å². The zero-order valence-corrected chi connectivity index (χ0v) is 12.2. The second-order valence-electron chi connectivity index (χ2n) is 5.87. The predicted molar refractivity (Wildman–Crippen MR) is 77.7 cm³/mol. The van der Waals surface area contributed by atoms with Crippen LogP contribution < -0.4 is 11.1 Å². The fourth-order valence-corrected chi connectivity index (χ4v) is 2.85. The molecular weight excluding hydrogens is 255 g/mol. The van der Waals surface area contributed by atoms with Crippen LogP contribution in [0, 0.1) is 25.6 Å². The molecule has 0 aliphatic heterocycles. The molecule has 0 saturated heterocycles. The average Bonchev–Trinajstić information content (AvgIpc) is 2.42. The highest BCUT2D eigenvalue weighted by Crippen LogP contribution is 2.23. The van der Waals surface area contributed by atoms with Gasteiger partial charge in [-0.25, -0.2) is 4.39 Å². The van der Waals surface area contributed by atoms with Gasteiger partial charge in [-0.1, -0.05) is 12.1 Å². The number of carbonyl (C=O) groups is 1. The highest BCUT2D eigenvalue weighted by molar-refractivity contribution is 5.78. The number of halogens is 1. The van der Waals surface area contributed by atoms with Crippen molar-refractivity contribution in [3.8, 4) is 0 Å². The Hall–Kier alpha value is -1.42. The molecule has 1 aromatic rings. The van der Waals surface area contributed by atoms with Gasteiger partial charge in [0.05, 0.1) is 0 Å². The molecular formula is C16H23FN2O. The van der Waals surface area contributed by atoms with Gasteiger partial charge in [-0.2, -0.15) is 0 Å². The average molecular weight is 278 g/mol. The molecule has 0 radical (unpaired) electrons. The minimum absolute atomic E-state index is 0.0810. The molecule has 20 heavy (non-hydrogen) atoms. The van der Waals surface area contributed by atoms with Crippen LogP contribution in [0.2, 0.25) is 0 Å². The number of nitrogens with two attached hydrogens (primary N) is 1. The van der Waals surface area contributed by atoms with Crippen molar-refractivity contribution in [3.05, 3.63) is 34.6 Å². The van der Waals surface area contributed by atoms with Crippen molar-refractivity contribution < 1.29 is 9.18 Å². The Morgan fingerprint density at radius 3 is 2.35 bits per heavy atom. The molecule has 1 aliphatic carbocycles. The summed E-state index contributed by atoms with van der Waals surface area (Å²) in [5.74, 6) is 0.00955.